The molecule has 2 aromatic heterocycles. The Morgan fingerprint density at radius 2 is 1.88 bits per heavy atom. The lowest BCUT2D eigenvalue weighted by molar-refractivity contribution is 0.0376. The summed E-state index contributed by atoms with van der Waals surface area (Å²) in [5.41, 5.74) is 4.99. The second kappa shape index (κ2) is 11.9. The Labute approximate surface area is 210 Å². The molecule has 1 aromatic carbocycles. The van der Waals surface area contributed by atoms with Crippen molar-refractivity contribution in [1.82, 2.24) is 29.7 Å². The molecule has 0 amide bonds. The van der Waals surface area contributed by atoms with E-state index in [1.165, 1.54) is 0 Å². The molecule has 34 heavy (non-hydrogen) atoms. The van der Waals surface area contributed by atoms with Gasteiger partial charge in [-0.2, -0.15) is 0 Å². The zero-order chi connectivity index (χ0) is 23.9. The predicted octanol–water partition coefficient (Wildman–Crippen LogP) is 3.76. The Balaban J connectivity index is 1.33. The first kappa shape index (κ1) is 24.8. The van der Waals surface area contributed by atoms with Crippen LogP contribution in [-0.4, -0.2) is 68.9 Å². The van der Waals surface area contributed by atoms with E-state index >= 15 is 0 Å². The van der Waals surface area contributed by atoms with Gasteiger partial charge < -0.3 is 19.9 Å². The van der Waals surface area contributed by atoms with Gasteiger partial charge in [0.05, 0.1) is 30.0 Å². The molecule has 3 aromatic rings. The molecule has 3 heterocycles. The zero-order valence-electron chi connectivity index (χ0n) is 20.1. The highest BCUT2D eigenvalue weighted by Gasteiger charge is 2.13. The maximum Gasteiger partial charge on any atom is 0.188 e. The third kappa shape index (κ3) is 6.65. The summed E-state index contributed by atoms with van der Waals surface area (Å²) >= 11 is 7.12. The number of benzene rings is 1. The van der Waals surface area contributed by atoms with Crippen LogP contribution in [0.1, 0.15) is 30.6 Å². The van der Waals surface area contributed by atoms with Gasteiger partial charge in [-0.1, -0.05) is 11.8 Å². The van der Waals surface area contributed by atoms with Crippen LogP contribution in [-0.2, 0) is 17.0 Å². The molecular weight excluding hydrogens is 466 g/mol. The Morgan fingerprint density at radius 1 is 1.12 bits per heavy atom. The number of hydrogen-bond donors (Lipinski definition) is 2. The number of rotatable bonds is 9. The number of nitrogens with zero attached hydrogens (tertiary/aromatic N) is 5. The van der Waals surface area contributed by atoms with E-state index in [1.807, 2.05) is 19.9 Å². The van der Waals surface area contributed by atoms with E-state index in [0.717, 1.165) is 97.2 Å². The van der Waals surface area contributed by atoms with E-state index in [-0.39, 0.29) is 0 Å². The Hall–Kier alpha value is -2.27. The first-order valence-corrected chi connectivity index (χ1v) is 13.2. The molecule has 0 radical (unpaired) electrons. The molecule has 1 fully saturated rings. The number of imidazole rings is 1. The minimum atomic E-state index is 0.638. The molecular formula is C24H33N7OS2. The largest absolute Gasteiger partial charge is 0.379 e. The number of aromatic nitrogens is 4. The summed E-state index contributed by atoms with van der Waals surface area (Å²) < 4.78 is 7.64. The van der Waals surface area contributed by atoms with Crippen molar-refractivity contribution in [2.75, 3.05) is 44.7 Å². The van der Waals surface area contributed by atoms with Crippen molar-refractivity contribution in [3.8, 4) is 0 Å². The molecule has 0 saturated carbocycles. The number of thiocarbonyl (C=S) groups is 1. The van der Waals surface area contributed by atoms with Gasteiger partial charge in [0.1, 0.15) is 5.82 Å². The Morgan fingerprint density at radius 3 is 2.62 bits per heavy atom. The van der Waals surface area contributed by atoms with Crippen LogP contribution in [0.4, 0.5) is 5.69 Å². The maximum atomic E-state index is 5.50. The molecule has 0 unspecified atom stereocenters. The van der Waals surface area contributed by atoms with Gasteiger partial charge in [-0.25, -0.2) is 15.0 Å². The topological polar surface area (TPSA) is 80.1 Å². The number of aryl methyl sites for hydroxylation is 3. The highest BCUT2D eigenvalue weighted by atomic mass is 32.2. The minimum Gasteiger partial charge on any atom is -0.379 e. The molecule has 0 atom stereocenters. The molecule has 0 aliphatic carbocycles. The summed E-state index contributed by atoms with van der Waals surface area (Å²) in [4.78, 5) is 16.4. The number of ether oxygens (including phenoxy) is 1. The number of morpholine rings is 1. The first-order chi connectivity index (χ1) is 16.5. The van der Waals surface area contributed by atoms with Crippen molar-refractivity contribution in [1.29, 1.82) is 0 Å². The standard InChI is InChI=1S/C24H33N7OS2/c1-4-31-21-7-6-19(28-23(33)25-8-5-9-30-10-12-32-13-11-30)15-20(21)29-22(31)16-34-24-26-17(2)14-18(3)27-24/h6-7,14-15H,4-5,8-13,16H2,1-3H3,(H2,25,28,33). The van der Waals surface area contributed by atoms with Crippen molar-refractivity contribution < 1.29 is 4.74 Å². The van der Waals surface area contributed by atoms with Gasteiger partial charge in [0.25, 0.3) is 0 Å². The molecule has 2 N–H and O–H groups in total. The van der Waals surface area contributed by atoms with E-state index in [4.69, 9.17) is 21.9 Å². The second-order valence-electron chi connectivity index (χ2n) is 8.39. The fraction of sp³-hybridized carbons (Fsp3) is 0.500. The van der Waals surface area contributed by atoms with Gasteiger partial charge in [-0.15, -0.1) is 0 Å². The fourth-order valence-corrected chi connectivity index (χ4v) is 5.23. The summed E-state index contributed by atoms with van der Waals surface area (Å²) in [7, 11) is 0. The Bertz CT molecular complexity index is 1110. The van der Waals surface area contributed by atoms with E-state index in [2.05, 4.69) is 55.2 Å². The maximum absolute atomic E-state index is 5.50. The van der Waals surface area contributed by atoms with Gasteiger partial charge in [0.2, 0.25) is 0 Å². The third-order valence-electron chi connectivity index (χ3n) is 5.73. The fourth-order valence-electron chi connectivity index (χ4n) is 4.11. The van der Waals surface area contributed by atoms with E-state index in [0.29, 0.717) is 5.11 Å². The van der Waals surface area contributed by atoms with Crippen LogP contribution in [0, 0.1) is 13.8 Å². The average molecular weight is 500 g/mol. The van der Waals surface area contributed by atoms with Crippen molar-refractivity contribution in [3.63, 3.8) is 0 Å². The quantitative estimate of drug-likeness (QED) is 0.198. The lowest BCUT2D eigenvalue weighted by Crippen LogP contribution is -2.38. The minimum absolute atomic E-state index is 0.638. The number of anilines is 1. The molecule has 8 nitrogen and oxygen atoms in total. The van der Waals surface area contributed by atoms with Crippen molar-refractivity contribution in [3.05, 3.63) is 41.5 Å². The number of thioether (sulfide) groups is 1. The normalized spacial score (nSPS) is 14.4. The molecule has 0 spiro atoms. The lowest BCUT2D eigenvalue weighted by Gasteiger charge is -2.26. The number of nitrogens with one attached hydrogen (secondary N) is 2. The van der Waals surface area contributed by atoms with Crippen LogP contribution in [0.3, 0.4) is 0 Å². The van der Waals surface area contributed by atoms with Gasteiger partial charge in [0, 0.05) is 43.3 Å². The molecule has 1 aliphatic heterocycles. The SMILES string of the molecule is CCn1c(CSc2nc(C)cc(C)n2)nc2cc(NC(=S)NCCCN3CCOCC3)ccc21. The molecule has 1 aliphatic rings. The molecule has 10 heteroatoms. The van der Waals surface area contributed by atoms with Crippen molar-refractivity contribution >= 4 is 45.8 Å². The van der Waals surface area contributed by atoms with E-state index in [1.54, 1.807) is 11.8 Å². The number of fused-ring (bicyclic) bond motifs is 1. The zero-order valence-corrected chi connectivity index (χ0v) is 21.8. The van der Waals surface area contributed by atoms with E-state index < -0.39 is 0 Å². The summed E-state index contributed by atoms with van der Waals surface area (Å²) in [6.45, 7) is 12.6. The molecule has 182 valence electrons. The second-order valence-corrected chi connectivity index (χ2v) is 9.74. The van der Waals surface area contributed by atoms with Crippen molar-refractivity contribution in [2.24, 2.45) is 0 Å². The van der Waals surface area contributed by atoms with Gasteiger partial charge >= 0.3 is 0 Å². The van der Waals surface area contributed by atoms with Crippen LogP contribution in [0.5, 0.6) is 0 Å². The summed E-state index contributed by atoms with van der Waals surface area (Å²) in [5, 5.41) is 8.04. The van der Waals surface area contributed by atoms with Crippen molar-refractivity contribution in [2.45, 2.75) is 44.6 Å². The smallest absolute Gasteiger partial charge is 0.188 e. The summed E-state index contributed by atoms with van der Waals surface area (Å²) in [6.07, 6.45) is 1.05. The Kier molecular flexibility index (Phi) is 8.71. The molecule has 1 saturated heterocycles. The van der Waals surface area contributed by atoms with Gasteiger partial charge in [0.15, 0.2) is 10.3 Å². The average Bonchev–Trinajstić information content (AvgIpc) is 3.17. The monoisotopic (exact) mass is 499 g/mol. The van der Waals surface area contributed by atoms with Crippen LogP contribution < -0.4 is 10.6 Å². The van der Waals surface area contributed by atoms with E-state index in [9.17, 15) is 0 Å². The molecule has 0 bridgehead atoms. The molecule has 4 rings (SSSR count). The summed E-state index contributed by atoms with van der Waals surface area (Å²) in [6, 6.07) is 8.21. The highest BCUT2D eigenvalue weighted by Crippen LogP contribution is 2.25. The number of hydrogen-bond acceptors (Lipinski definition) is 7. The van der Waals surface area contributed by atoms with Crippen LogP contribution in [0.25, 0.3) is 11.0 Å². The van der Waals surface area contributed by atoms with Crippen LogP contribution in [0.15, 0.2) is 29.4 Å². The lowest BCUT2D eigenvalue weighted by atomic mass is 10.2. The van der Waals surface area contributed by atoms with Gasteiger partial charge in [-0.05, 0) is 70.2 Å². The highest BCUT2D eigenvalue weighted by molar-refractivity contribution is 7.98. The van der Waals surface area contributed by atoms with Crippen LogP contribution in [0.2, 0.25) is 0 Å². The first-order valence-electron chi connectivity index (χ1n) is 11.8. The predicted molar refractivity (Wildman–Crippen MR) is 143 cm³/mol. The third-order valence-corrected chi connectivity index (χ3v) is 6.82. The van der Waals surface area contributed by atoms with Gasteiger partial charge in [-0.3, -0.25) is 4.90 Å². The summed E-state index contributed by atoms with van der Waals surface area (Å²) in [5.74, 6) is 1.74. The van der Waals surface area contributed by atoms with Crippen LogP contribution >= 0.6 is 24.0 Å².